The third kappa shape index (κ3) is 3.20. The first-order valence-corrected chi connectivity index (χ1v) is 6.24. The summed E-state index contributed by atoms with van der Waals surface area (Å²) in [6.07, 6.45) is 4.72. The number of H-pyrrole nitrogens is 1. The summed E-state index contributed by atoms with van der Waals surface area (Å²) in [4.78, 5) is 24.8. The minimum Gasteiger partial charge on any atom is -0.316 e. The first-order valence-electron chi connectivity index (χ1n) is 5.87. The van der Waals surface area contributed by atoms with Gasteiger partial charge in [0.15, 0.2) is 0 Å². The molecule has 1 aliphatic heterocycles. The molecule has 1 aromatic heterocycles. The maximum Gasteiger partial charge on any atom is 0.328 e. The number of hydrogen-bond donors (Lipinski definition) is 2. The molecule has 17 heavy (non-hydrogen) atoms. The number of aryl methyl sites for hydroxylation is 1. The molecule has 1 saturated heterocycles. The van der Waals surface area contributed by atoms with E-state index in [1.54, 1.807) is 0 Å². The normalized spacial score (nSPS) is 20.4. The van der Waals surface area contributed by atoms with Crippen LogP contribution in [0.2, 0.25) is 5.02 Å². The molecular formula is C11H16ClN3O2. The predicted octanol–water partition coefficient (Wildman–Crippen LogP) is 0.580. The van der Waals surface area contributed by atoms with Crippen molar-refractivity contribution < 1.29 is 0 Å². The monoisotopic (exact) mass is 257 g/mol. The molecule has 0 radical (unpaired) electrons. The van der Waals surface area contributed by atoms with Gasteiger partial charge >= 0.3 is 5.69 Å². The first kappa shape index (κ1) is 12.4. The van der Waals surface area contributed by atoms with Crippen molar-refractivity contribution in [2.45, 2.75) is 25.8 Å². The Bertz CT molecular complexity index is 488. The van der Waals surface area contributed by atoms with E-state index in [-0.39, 0.29) is 10.7 Å². The van der Waals surface area contributed by atoms with Gasteiger partial charge in [0.25, 0.3) is 5.56 Å². The van der Waals surface area contributed by atoms with E-state index in [0.717, 1.165) is 19.5 Å². The zero-order chi connectivity index (χ0) is 12.3. The van der Waals surface area contributed by atoms with Crippen LogP contribution in [0.25, 0.3) is 0 Å². The molecule has 5 nitrogen and oxygen atoms in total. The molecule has 0 saturated carbocycles. The summed E-state index contributed by atoms with van der Waals surface area (Å²) >= 11 is 5.69. The lowest BCUT2D eigenvalue weighted by Crippen LogP contribution is -2.33. The van der Waals surface area contributed by atoms with Gasteiger partial charge in [0.1, 0.15) is 5.02 Å². The smallest absolute Gasteiger partial charge is 0.316 e. The maximum atomic E-state index is 11.5. The van der Waals surface area contributed by atoms with Crippen molar-refractivity contribution in [2.24, 2.45) is 5.92 Å². The lowest BCUT2D eigenvalue weighted by Gasteiger charge is -2.22. The fourth-order valence-corrected chi connectivity index (χ4v) is 2.31. The van der Waals surface area contributed by atoms with Gasteiger partial charge in [-0.3, -0.25) is 14.3 Å². The van der Waals surface area contributed by atoms with Crippen molar-refractivity contribution in [1.82, 2.24) is 14.9 Å². The molecule has 1 fully saturated rings. The molecule has 0 aromatic carbocycles. The molecule has 1 unspecified atom stereocenters. The number of halogens is 1. The lowest BCUT2D eigenvalue weighted by molar-refractivity contribution is 0.339. The topological polar surface area (TPSA) is 66.9 Å². The fraction of sp³-hybridized carbons (Fsp3) is 0.636. The average Bonchev–Trinajstić information content (AvgIpc) is 2.33. The Morgan fingerprint density at radius 1 is 1.47 bits per heavy atom. The van der Waals surface area contributed by atoms with E-state index < -0.39 is 5.56 Å². The van der Waals surface area contributed by atoms with Crippen molar-refractivity contribution in [3.05, 3.63) is 32.1 Å². The molecule has 1 aliphatic rings. The Labute approximate surface area is 104 Å². The Kier molecular flexibility index (Phi) is 4.02. The molecule has 1 atom stereocenters. The highest BCUT2D eigenvalue weighted by atomic mass is 35.5. The quantitative estimate of drug-likeness (QED) is 0.833. The van der Waals surface area contributed by atoms with Crippen LogP contribution in [0, 0.1) is 5.92 Å². The minimum absolute atomic E-state index is 0.0615. The third-order valence-corrected chi connectivity index (χ3v) is 3.41. The van der Waals surface area contributed by atoms with Gasteiger partial charge < -0.3 is 5.32 Å². The first-order chi connectivity index (χ1) is 8.16. The van der Waals surface area contributed by atoms with Crippen LogP contribution in [-0.4, -0.2) is 22.6 Å². The number of rotatable bonds is 3. The maximum absolute atomic E-state index is 11.5. The summed E-state index contributed by atoms with van der Waals surface area (Å²) in [5, 5.41) is 3.40. The lowest BCUT2D eigenvalue weighted by atomic mass is 9.96. The van der Waals surface area contributed by atoms with Crippen molar-refractivity contribution >= 4 is 11.6 Å². The van der Waals surface area contributed by atoms with Gasteiger partial charge in [-0.25, -0.2) is 4.79 Å². The van der Waals surface area contributed by atoms with Crippen LogP contribution in [0.5, 0.6) is 0 Å². The van der Waals surface area contributed by atoms with Crippen LogP contribution in [0.1, 0.15) is 19.3 Å². The summed E-state index contributed by atoms with van der Waals surface area (Å²) in [7, 11) is 0. The molecule has 94 valence electrons. The largest absolute Gasteiger partial charge is 0.328 e. The fourth-order valence-electron chi connectivity index (χ4n) is 2.14. The van der Waals surface area contributed by atoms with Crippen LogP contribution < -0.4 is 16.6 Å². The highest BCUT2D eigenvalue weighted by molar-refractivity contribution is 6.30. The van der Waals surface area contributed by atoms with E-state index in [4.69, 9.17) is 11.6 Å². The van der Waals surface area contributed by atoms with Gasteiger partial charge in [-0.2, -0.15) is 0 Å². The van der Waals surface area contributed by atoms with E-state index >= 15 is 0 Å². The van der Waals surface area contributed by atoms with Gasteiger partial charge in [0.2, 0.25) is 0 Å². The van der Waals surface area contributed by atoms with E-state index in [1.807, 2.05) is 0 Å². The summed E-state index contributed by atoms with van der Waals surface area (Å²) < 4.78 is 1.47. The second kappa shape index (κ2) is 5.51. The summed E-state index contributed by atoms with van der Waals surface area (Å²) in [6.45, 7) is 2.69. The van der Waals surface area contributed by atoms with E-state index in [2.05, 4.69) is 10.3 Å². The molecule has 0 aliphatic carbocycles. The van der Waals surface area contributed by atoms with E-state index in [0.29, 0.717) is 12.5 Å². The van der Waals surface area contributed by atoms with Crippen LogP contribution in [0.15, 0.2) is 15.8 Å². The zero-order valence-electron chi connectivity index (χ0n) is 9.54. The molecule has 1 aromatic rings. The Balaban J connectivity index is 2.01. The molecule has 0 amide bonds. The summed E-state index contributed by atoms with van der Waals surface area (Å²) in [5.41, 5.74) is -0.907. The van der Waals surface area contributed by atoms with Gasteiger partial charge in [-0.1, -0.05) is 11.6 Å². The van der Waals surface area contributed by atoms with Crippen LogP contribution in [-0.2, 0) is 6.54 Å². The molecule has 6 heteroatoms. The van der Waals surface area contributed by atoms with Crippen LogP contribution >= 0.6 is 11.6 Å². The van der Waals surface area contributed by atoms with Crippen molar-refractivity contribution in [1.29, 1.82) is 0 Å². The Morgan fingerprint density at radius 2 is 2.29 bits per heavy atom. The minimum atomic E-state index is -0.521. The Morgan fingerprint density at radius 3 is 3.00 bits per heavy atom. The van der Waals surface area contributed by atoms with Crippen molar-refractivity contribution in [3.8, 4) is 0 Å². The molecule has 0 bridgehead atoms. The molecular weight excluding hydrogens is 242 g/mol. The summed E-state index contributed by atoms with van der Waals surface area (Å²) in [6, 6.07) is 0. The average molecular weight is 258 g/mol. The molecule has 0 spiro atoms. The van der Waals surface area contributed by atoms with Gasteiger partial charge in [-0.15, -0.1) is 0 Å². The predicted molar refractivity (Wildman–Crippen MR) is 66.5 cm³/mol. The second-order valence-electron chi connectivity index (χ2n) is 4.43. The van der Waals surface area contributed by atoms with Crippen molar-refractivity contribution in [2.75, 3.05) is 13.1 Å². The van der Waals surface area contributed by atoms with E-state index in [1.165, 1.54) is 23.6 Å². The highest BCUT2D eigenvalue weighted by Crippen LogP contribution is 2.14. The Hall–Kier alpha value is -1.07. The van der Waals surface area contributed by atoms with Crippen molar-refractivity contribution in [3.63, 3.8) is 0 Å². The van der Waals surface area contributed by atoms with Gasteiger partial charge in [-0.05, 0) is 38.3 Å². The second-order valence-corrected chi connectivity index (χ2v) is 4.84. The van der Waals surface area contributed by atoms with Gasteiger partial charge in [0.05, 0.1) is 0 Å². The SMILES string of the molecule is O=c1[nH]c(=O)n(CCC2CCCNC2)cc1Cl. The third-order valence-electron chi connectivity index (χ3n) is 3.14. The number of nitrogens with zero attached hydrogens (tertiary/aromatic N) is 1. The number of aromatic amines is 1. The number of nitrogens with one attached hydrogen (secondary N) is 2. The molecule has 2 rings (SSSR count). The summed E-state index contributed by atoms with van der Waals surface area (Å²) in [5.74, 6) is 0.598. The highest BCUT2D eigenvalue weighted by Gasteiger charge is 2.13. The molecule has 2 N–H and O–H groups in total. The number of hydrogen-bond acceptors (Lipinski definition) is 3. The number of aromatic nitrogens is 2. The van der Waals surface area contributed by atoms with Crippen LogP contribution in [0.3, 0.4) is 0 Å². The zero-order valence-corrected chi connectivity index (χ0v) is 10.3. The van der Waals surface area contributed by atoms with E-state index in [9.17, 15) is 9.59 Å². The molecule has 2 heterocycles. The number of piperidine rings is 1. The standard InChI is InChI=1S/C11H16ClN3O2/c12-9-7-15(11(17)14-10(9)16)5-3-8-2-1-4-13-6-8/h7-8,13H,1-6H2,(H,14,16,17). The van der Waals surface area contributed by atoms with Gasteiger partial charge in [0, 0.05) is 12.7 Å². The van der Waals surface area contributed by atoms with Crippen LogP contribution in [0.4, 0.5) is 0 Å².